The van der Waals surface area contributed by atoms with Gasteiger partial charge in [-0.05, 0) is 44.0 Å². The quantitative estimate of drug-likeness (QED) is 0.874. The number of anilines is 2. The molecule has 1 N–H and O–H groups in total. The molecule has 0 spiro atoms. The van der Waals surface area contributed by atoms with Crippen LogP contribution in [-0.2, 0) is 6.42 Å². The summed E-state index contributed by atoms with van der Waals surface area (Å²) in [4.78, 5) is 14.9. The maximum atomic E-state index is 4.52. The number of nitrogens with zero attached hydrogens (tertiary/aromatic N) is 4. The number of hydrogen-bond acceptors (Lipinski definition) is 5. The first-order valence-corrected chi connectivity index (χ1v) is 6.85. The molecule has 5 nitrogen and oxygen atoms in total. The summed E-state index contributed by atoms with van der Waals surface area (Å²) in [5, 5.41) is 3.22. The highest BCUT2D eigenvalue weighted by molar-refractivity contribution is 5.42. The van der Waals surface area contributed by atoms with Crippen molar-refractivity contribution in [3.8, 4) is 0 Å². The topological polar surface area (TPSA) is 53.9 Å². The van der Waals surface area contributed by atoms with Crippen LogP contribution >= 0.6 is 0 Å². The van der Waals surface area contributed by atoms with Crippen molar-refractivity contribution in [3.63, 3.8) is 0 Å². The third-order valence-corrected chi connectivity index (χ3v) is 2.93. The van der Waals surface area contributed by atoms with Crippen LogP contribution in [0.2, 0.25) is 0 Å². The second-order valence-corrected chi connectivity index (χ2v) is 5.06. The molecule has 0 aliphatic rings. The highest BCUT2D eigenvalue weighted by Crippen LogP contribution is 2.11. The van der Waals surface area contributed by atoms with Gasteiger partial charge in [0.25, 0.3) is 0 Å². The van der Waals surface area contributed by atoms with E-state index in [0.717, 1.165) is 18.8 Å². The van der Waals surface area contributed by atoms with Gasteiger partial charge in [-0.2, -0.15) is 4.98 Å². The summed E-state index contributed by atoms with van der Waals surface area (Å²) >= 11 is 0. The third kappa shape index (κ3) is 4.19. The van der Waals surface area contributed by atoms with Crippen LogP contribution in [0.15, 0.2) is 36.8 Å². The van der Waals surface area contributed by atoms with Crippen molar-refractivity contribution in [2.24, 2.45) is 0 Å². The van der Waals surface area contributed by atoms with Crippen molar-refractivity contribution >= 4 is 11.8 Å². The van der Waals surface area contributed by atoms with E-state index in [9.17, 15) is 0 Å². The SMILES string of the molecule is CC(C)Nc1nccc(N(C)CCc2ccncc2)n1. The summed E-state index contributed by atoms with van der Waals surface area (Å²) in [6.07, 6.45) is 6.40. The molecular weight excluding hydrogens is 250 g/mol. The zero-order valence-electron chi connectivity index (χ0n) is 12.2. The van der Waals surface area contributed by atoms with Gasteiger partial charge < -0.3 is 10.2 Å². The average Bonchev–Trinajstić information content (AvgIpc) is 2.45. The lowest BCUT2D eigenvalue weighted by atomic mass is 10.2. The Balaban J connectivity index is 1.96. The molecule has 5 heteroatoms. The second-order valence-electron chi connectivity index (χ2n) is 5.06. The van der Waals surface area contributed by atoms with Crippen molar-refractivity contribution in [1.29, 1.82) is 0 Å². The summed E-state index contributed by atoms with van der Waals surface area (Å²) in [7, 11) is 2.04. The molecule has 0 bridgehead atoms. The van der Waals surface area contributed by atoms with Crippen molar-refractivity contribution in [2.75, 3.05) is 23.8 Å². The number of likely N-dealkylation sites (N-methyl/N-ethyl adjacent to an activating group) is 1. The summed E-state index contributed by atoms with van der Waals surface area (Å²) in [5.74, 6) is 1.60. The van der Waals surface area contributed by atoms with Crippen LogP contribution in [0.5, 0.6) is 0 Å². The van der Waals surface area contributed by atoms with E-state index in [1.165, 1.54) is 5.56 Å². The lowest BCUT2D eigenvalue weighted by molar-refractivity contribution is 0.840. The first kappa shape index (κ1) is 14.2. The number of aromatic nitrogens is 3. The van der Waals surface area contributed by atoms with E-state index < -0.39 is 0 Å². The molecule has 0 fully saturated rings. The van der Waals surface area contributed by atoms with E-state index in [-0.39, 0.29) is 0 Å². The summed E-state index contributed by atoms with van der Waals surface area (Å²) in [6, 6.07) is 6.34. The summed E-state index contributed by atoms with van der Waals surface area (Å²) < 4.78 is 0. The first-order valence-electron chi connectivity index (χ1n) is 6.85. The highest BCUT2D eigenvalue weighted by Gasteiger charge is 2.05. The molecule has 0 amide bonds. The molecule has 2 aromatic heterocycles. The molecule has 0 aromatic carbocycles. The molecular formula is C15H21N5. The minimum atomic E-state index is 0.326. The van der Waals surface area contributed by atoms with Gasteiger partial charge in [0.15, 0.2) is 0 Å². The molecule has 2 rings (SSSR count). The fraction of sp³-hybridized carbons (Fsp3) is 0.400. The van der Waals surface area contributed by atoms with Crippen LogP contribution in [0, 0.1) is 0 Å². The van der Waals surface area contributed by atoms with Gasteiger partial charge >= 0.3 is 0 Å². The number of rotatable bonds is 6. The Morgan fingerprint density at radius 2 is 1.90 bits per heavy atom. The Morgan fingerprint density at radius 1 is 1.15 bits per heavy atom. The Bertz CT molecular complexity index is 527. The third-order valence-electron chi connectivity index (χ3n) is 2.93. The molecule has 0 radical (unpaired) electrons. The fourth-order valence-corrected chi connectivity index (χ4v) is 1.85. The van der Waals surface area contributed by atoms with Crippen molar-refractivity contribution in [3.05, 3.63) is 42.4 Å². The molecule has 0 aliphatic heterocycles. The minimum absolute atomic E-state index is 0.326. The Kier molecular flexibility index (Phi) is 4.87. The van der Waals surface area contributed by atoms with E-state index in [0.29, 0.717) is 12.0 Å². The number of pyridine rings is 1. The minimum Gasteiger partial charge on any atom is -0.359 e. The van der Waals surface area contributed by atoms with Crippen molar-refractivity contribution in [2.45, 2.75) is 26.3 Å². The summed E-state index contributed by atoms with van der Waals surface area (Å²) in [5.41, 5.74) is 1.28. The number of hydrogen-bond donors (Lipinski definition) is 1. The lowest BCUT2D eigenvalue weighted by Gasteiger charge is -2.19. The van der Waals surface area contributed by atoms with E-state index in [1.807, 2.05) is 37.6 Å². The van der Waals surface area contributed by atoms with Gasteiger partial charge in [0.2, 0.25) is 5.95 Å². The maximum absolute atomic E-state index is 4.52. The summed E-state index contributed by atoms with van der Waals surface area (Å²) in [6.45, 7) is 5.05. The van der Waals surface area contributed by atoms with Crippen LogP contribution in [-0.4, -0.2) is 34.6 Å². The van der Waals surface area contributed by atoms with Gasteiger partial charge in [0.1, 0.15) is 5.82 Å². The second kappa shape index (κ2) is 6.84. The van der Waals surface area contributed by atoms with Crippen LogP contribution in [0.25, 0.3) is 0 Å². The zero-order valence-corrected chi connectivity index (χ0v) is 12.2. The standard InChI is InChI=1S/C15H21N5/c1-12(2)18-15-17-10-6-14(19-15)20(3)11-7-13-4-8-16-9-5-13/h4-6,8-10,12H,7,11H2,1-3H3,(H,17,18,19). The van der Waals surface area contributed by atoms with Crippen molar-refractivity contribution in [1.82, 2.24) is 15.0 Å². The van der Waals surface area contributed by atoms with Gasteiger partial charge in [-0.3, -0.25) is 4.98 Å². The highest BCUT2D eigenvalue weighted by atomic mass is 15.2. The zero-order chi connectivity index (χ0) is 14.4. The molecule has 106 valence electrons. The molecule has 0 aliphatic carbocycles. The molecule has 0 atom stereocenters. The maximum Gasteiger partial charge on any atom is 0.224 e. The molecule has 0 saturated heterocycles. The Labute approximate surface area is 120 Å². The average molecular weight is 271 g/mol. The van der Waals surface area contributed by atoms with Gasteiger partial charge in [0.05, 0.1) is 0 Å². The van der Waals surface area contributed by atoms with Gasteiger partial charge in [-0.1, -0.05) is 0 Å². The van der Waals surface area contributed by atoms with Crippen LogP contribution in [0.1, 0.15) is 19.4 Å². The Hall–Kier alpha value is -2.17. The van der Waals surface area contributed by atoms with Crippen LogP contribution in [0.3, 0.4) is 0 Å². The van der Waals surface area contributed by atoms with Gasteiger partial charge in [0, 0.05) is 38.2 Å². The first-order chi connectivity index (χ1) is 9.65. The van der Waals surface area contributed by atoms with Crippen LogP contribution in [0.4, 0.5) is 11.8 Å². The van der Waals surface area contributed by atoms with Gasteiger partial charge in [-0.15, -0.1) is 0 Å². The number of nitrogens with one attached hydrogen (secondary N) is 1. The van der Waals surface area contributed by atoms with E-state index >= 15 is 0 Å². The van der Waals surface area contributed by atoms with Crippen molar-refractivity contribution < 1.29 is 0 Å². The monoisotopic (exact) mass is 271 g/mol. The Morgan fingerprint density at radius 3 is 2.60 bits per heavy atom. The predicted molar refractivity (Wildman–Crippen MR) is 82.0 cm³/mol. The molecule has 0 unspecified atom stereocenters. The molecule has 0 saturated carbocycles. The van der Waals surface area contributed by atoms with Gasteiger partial charge in [-0.25, -0.2) is 4.98 Å². The van der Waals surface area contributed by atoms with Crippen LogP contribution < -0.4 is 10.2 Å². The molecule has 2 aromatic rings. The lowest BCUT2D eigenvalue weighted by Crippen LogP contribution is -2.22. The smallest absolute Gasteiger partial charge is 0.224 e. The fourth-order valence-electron chi connectivity index (χ4n) is 1.85. The van der Waals surface area contributed by atoms with E-state index in [2.05, 4.69) is 39.0 Å². The predicted octanol–water partition coefficient (Wildman–Crippen LogP) is 2.37. The molecule has 20 heavy (non-hydrogen) atoms. The molecule has 2 heterocycles. The normalized spacial score (nSPS) is 10.6. The van der Waals surface area contributed by atoms with E-state index in [4.69, 9.17) is 0 Å². The largest absolute Gasteiger partial charge is 0.359 e. The van der Waals surface area contributed by atoms with E-state index in [1.54, 1.807) is 6.20 Å².